The quantitative estimate of drug-likeness (QED) is 0.553. The standard InChI is InChI=1S/C18H16N2O2/c21-20(22)18-8-4-2-5-13(18)12-9-10-17-15(11-12)14-6-1-3-7-16(14)19-17/h2,4-5,8-11,19H,1,3,6-7H2. The highest BCUT2D eigenvalue weighted by molar-refractivity contribution is 5.90. The van der Waals surface area contributed by atoms with Crippen molar-refractivity contribution in [1.29, 1.82) is 0 Å². The van der Waals surface area contributed by atoms with Gasteiger partial charge >= 0.3 is 0 Å². The van der Waals surface area contributed by atoms with E-state index in [9.17, 15) is 10.1 Å². The minimum atomic E-state index is -0.313. The summed E-state index contributed by atoms with van der Waals surface area (Å²) in [4.78, 5) is 14.4. The summed E-state index contributed by atoms with van der Waals surface area (Å²) in [6, 6.07) is 13.0. The first kappa shape index (κ1) is 13.1. The molecule has 4 rings (SSSR count). The van der Waals surface area contributed by atoms with Gasteiger partial charge in [0.05, 0.1) is 10.5 Å². The average Bonchev–Trinajstić information content (AvgIpc) is 2.92. The lowest BCUT2D eigenvalue weighted by molar-refractivity contribution is -0.384. The van der Waals surface area contributed by atoms with Gasteiger partial charge in [-0.25, -0.2) is 0 Å². The van der Waals surface area contributed by atoms with Gasteiger partial charge in [-0.2, -0.15) is 0 Å². The number of fused-ring (bicyclic) bond motifs is 3. The van der Waals surface area contributed by atoms with E-state index < -0.39 is 0 Å². The fourth-order valence-corrected chi connectivity index (χ4v) is 3.45. The lowest BCUT2D eigenvalue weighted by Crippen LogP contribution is -2.00. The van der Waals surface area contributed by atoms with Crippen molar-refractivity contribution in [2.24, 2.45) is 0 Å². The summed E-state index contributed by atoms with van der Waals surface area (Å²) in [5.74, 6) is 0. The number of rotatable bonds is 2. The molecule has 0 atom stereocenters. The Morgan fingerprint density at radius 1 is 1.05 bits per heavy atom. The zero-order valence-corrected chi connectivity index (χ0v) is 12.1. The van der Waals surface area contributed by atoms with Crippen molar-refractivity contribution in [3.05, 3.63) is 63.8 Å². The molecule has 0 radical (unpaired) electrons. The second kappa shape index (κ2) is 4.98. The summed E-state index contributed by atoms with van der Waals surface area (Å²) in [5.41, 5.74) is 5.61. The number of nitrogens with one attached hydrogen (secondary N) is 1. The molecule has 0 spiro atoms. The van der Waals surface area contributed by atoms with Gasteiger partial charge in [-0.1, -0.05) is 18.2 Å². The van der Waals surface area contributed by atoms with E-state index in [2.05, 4.69) is 11.1 Å². The molecule has 22 heavy (non-hydrogen) atoms. The zero-order chi connectivity index (χ0) is 15.1. The third-order valence-corrected chi connectivity index (χ3v) is 4.51. The number of nitrogens with zero attached hydrogens (tertiary/aromatic N) is 1. The molecule has 0 aliphatic heterocycles. The van der Waals surface area contributed by atoms with Crippen LogP contribution < -0.4 is 0 Å². The molecule has 110 valence electrons. The normalized spacial score (nSPS) is 14.0. The molecule has 1 aromatic heterocycles. The molecular formula is C18H16N2O2. The van der Waals surface area contributed by atoms with Gasteiger partial charge in [-0.05, 0) is 55.0 Å². The van der Waals surface area contributed by atoms with E-state index in [0.717, 1.165) is 23.9 Å². The summed E-state index contributed by atoms with van der Waals surface area (Å²) in [7, 11) is 0. The van der Waals surface area contributed by atoms with Crippen LogP contribution in [0.3, 0.4) is 0 Å². The van der Waals surface area contributed by atoms with E-state index in [1.54, 1.807) is 12.1 Å². The molecule has 0 bridgehead atoms. The molecule has 0 saturated heterocycles. The SMILES string of the molecule is O=[N+]([O-])c1ccccc1-c1ccc2[nH]c3c(c2c1)CCCC3. The van der Waals surface area contributed by atoms with Crippen LogP contribution in [-0.2, 0) is 12.8 Å². The highest BCUT2D eigenvalue weighted by atomic mass is 16.6. The number of H-pyrrole nitrogens is 1. The van der Waals surface area contributed by atoms with Gasteiger partial charge < -0.3 is 4.98 Å². The van der Waals surface area contributed by atoms with Gasteiger partial charge in [-0.15, -0.1) is 0 Å². The van der Waals surface area contributed by atoms with Crippen LogP contribution in [-0.4, -0.2) is 9.91 Å². The van der Waals surface area contributed by atoms with Crippen molar-refractivity contribution < 1.29 is 4.92 Å². The molecular weight excluding hydrogens is 276 g/mol. The summed E-state index contributed by atoms with van der Waals surface area (Å²) < 4.78 is 0. The van der Waals surface area contributed by atoms with Crippen LogP contribution >= 0.6 is 0 Å². The predicted molar refractivity (Wildman–Crippen MR) is 87.0 cm³/mol. The van der Waals surface area contributed by atoms with E-state index in [1.807, 2.05) is 24.3 Å². The Balaban J connectivity index is 1.92. The number of para-hydroxylation sites is 1. The smallest absolute Gasteiger partial charge is 0.277 e. The maximum Gasteiger partial charge on any atom is 0.277 e. The Labute approximate surface area is 127 Å². The van der Waals surface area contributed by atoms with Gasteiger partial charge in [0.15, 0.2) is 0 Å². The molecule has 2 aromatic carbocycles. The van der Waals surface area contributed by atoms with Crippen LogP contribution in [0, 0.1) is 10.1 Å². The largest absolute Gasteiger partial charge is 0.358 e. The van der Waals surface area contributed by atoms with Crippen molar-refractivity contribution in [2.45, 2.75) is 25.7 Å². The number of hydrogen-bond donors (Lipinski definition) is 1. The molecule has 1 heterocycles. The lowest BCUT2D eigenvalue weighted by Gasteiger charge is -2.10. The highest BCUT2D eigenvalue weighted by Crippen LogP contribution is 2.35. The van der Waals surface area contributed by atoms with Gasteiger partial charge in [0, 0.05) is 22.7 Å². The highest BCUT2D eigenvalue weighted by Gasteiger charge is 2.18. The lowest BCUT2D eigenvalue weighted by atomic mass is 9.94. The van der Waals surface area contributed by atoms with Crippen LogP contribution in [0.25, 0.3) is 22.0 Å². The third-order valence-electron chi connectivity index (χ3n) is 4.51. The molecule has 4 nitrogen and oxygen atoms in total. The number of nitro benzene ring substituents is 1. The topological polar surface area (TPSA) is 58.9 Å². The minimum Gasteiger partial charge on any atom is -0.358 e. The van der Waals surface area contributed by atoms with Gasteiger partial charge in [0.2, 0.25) is 0 Å². The molecule has 0 fully saturated rings. The number of hydrogen-bond acceptors (Lipinski definition) is 2. The zero-order valence-electron chi connectivity index (χ0n) is 12.1. The predicted octanol–water partition coefficient (Wildman–Crippen LogP) is 4.62. The Bertz CT molecular complexity index is 880. The first-order valence-corrected chi connectivity index (χ1v) is 7.61. The van der Waals surface area contributed by atoms with Crippen LogP contribution in [0.1, 0.15) is 24.1 Å². The fraction of sp³-hybridized carbons (Fsp3) is 0.222. The molecule has 0 unspecified atom stereocenters. The van der Waals surface area contributed by atoms with E-state index in [0.29, 0.717) is 5.56 Å². The van der Waals surface area contributed by atoms with Crippen molar-refractivity contribution in [3.8, 4) is 11.1 Å². The second-order valence-electron chi connectivity index (χ2n) is 5.82. The van der Waals surface area contributed by atoms with Gasteiger partial charge in [0.1, 0.15) is 0 Å². The average molecular weight is 292 g/mol. The van der Waals surface area contributed by atoms with Crippen molar-refractivity contribution in [3.63, 3.8) is 0 Å². The maximum absolute atomic E-state index is 11.2. The Morgan fingerprint density at radius 3 is 2.73 bits per heavy atom. The monoisotopic (exact) mass is 292 g/mol. The fourth-order valence-electron chi connectivity index (χ4n) is 3.45. The van der Waals surface area contributed by atoms with Gasteiger partial charge in [0.25, 0.3) is 5.69 Å². The van der Waals surface area contributed by atoms with Crippen molar-refractivity contribution in [2.75, 3.05) is 0 Å². The Morgan fingerprint density at radius 2 is 1.86 bits per heavy atom. The number of aromatic amines is 1. The Kier molecular flexibility index (Phi) is 2.96. The van der Waals surface area contributed by atoms with Crippen molar-refractivity contribution >= 4 is 16.6 Å². The van der Waals surface area contributed by atoms with E-state index >= 15 is 0 Å². The molecule has 4 heteroatoms. The number of aryl methyl sites for hydroxylation is 2. The first-order chi connectivity index (χ1) is 10.7. The first-order valence-electron chi connectivity index (χ1n) is 7.61. The third kappa shape index (κ3) is 1.99. The van der Waals surface area contributed by atoms with Gasteiger partial charge in [-0.3, -0.25) is 10.1 Å². The van der Waals surface area contributed by atoms with Crippen LogP contribution in [0.4, 0.5) is 5.69 Å². The van der Waals surface area contributed by atoms with Crippen LogP contribution in [0.15, 0.2) is 42.5 Å². The van der Waals surface area contributed by atoms with Crippen molar-refractivity contribution in [1.82, 2.24) is 4.98 Å². The maximum atomic E-state index is 11.2. The second-order valence-corrected chi connectivity index (χ2v) is 5.82. The van der Waals surface area contributed by atoms with Crippen LogP contribution in [0.2, 0.25) is 0 Å². The molecule has 1 aliphatic rings. The summed E-state index contributed by atoms with van der Waals surface area (Å²) in [6.07, 6.45) is 4.65. The summed E-state index contributed by atoms with van der Waals surface area (Å²) in [6.45, 7) is 0. The molecule has 3 aromatic rings. The molecule has 1 aliphatic carbocycles. The molecule has 0 amide bonds. The minimum absolute atomic E-state index is 0.159. The van der Waals surface area contributed by atoms with E-state index in [1.165, 1.54) is 29.5 Å². The summed E-state index contributed by atoms with van der Waals surface area (Å²) in [5, 5.41) is 12.5. The summed E-state index contributed by atoms with van der Waals surface area (Å²) >= 11 is 0. The van der Waals surface area contributed by atoms with E-state index in [4.69, 9.17) is 0 Å². The number of aromatic nitrogens is 1. The van der Waals surface area contributed by atoms with Crippen LogP contribution in [0.5, 0.6) is 0 Å². The Hall–Kier alpha value is -2.62. The number of benzene rings is 2. The molecule has 1 N–H and O–H groups in total. The molecule has 0 saturated carbocycles. The van der Waals surface area contributed by atoms with E-state index in [-0.39, 0.29) is 10.6 Å². The number of nitro groups is 1.